The van der Waals surface area contributed by atoms with E-state index in [4.69, 9.17) is 9.47 Å². The number of Topliss-reactive ketones (excluding diaryl/α,β-unsaturated/α-hetero) is 1. The number of benzene rings is 2. The van der Waals surface area contributed by atoms with Gasteiger partial charge < -0.3 is 14.9 Å². The molecule has 3 aromatic rings. The van der Waals surface area contributed by atoms with Crippen molar-refractivity contribution in [3.63, 3.8) is 0 Å². The van der Waals surface area contributed by atoms with Crippen LogP contribution in [-0.4, -0.2) is 40.1 Å². The number of hydrogen-bond donors (Lipinski definition) is 1. The van der Waals surface area contributed by atoms with Crippen LogP contribution in [-0.2, 0) is 0 Å². The Morgan fingerprint density at radius 3 is 2.47 bits per heavy atom. The number of rotatable bonds is 6. The number of halogens is 1. The van der Waals surface area contributed by atoms with Crippen LogP contribution in [0.2, 0.25) is 0 Å². The average Bonchev–Trinajstić information content (AvgIpc) is 3.31. The van der Waals surface area contributed by atoms with Crippen molar-refractivity contribution < 1.29 is 18.7 Å². The lowest BCUT2D eigenvalue weighted by molar-refractivity contribution is 0.0980. The van der Waals surface area contributed by atoms with Gasteiger partial charge in [0, 0.05) is 11.5 Å². The monoisotopic (exact) mass is 482 g/mol. The SMILES string of the molecule is COc1ccc([C@H]2Nn3c(nnc3C3CCCCC3)S[C@H]2C(=O)c2ccc(F)cc2)cc1OC. The Kier molecular flexibility index (Phi) is 6.45. The number of thioether (sulfide) groups is 1. The number of nitrogens with one attached hydrogen (secondary N) is 1. The van der Waals surface area contributed by atoms with Crippen molar-refractivity contribution in [3.8, 4) is 11.5 Å². The van der Waals surface area contributed by atoms with Crippen LogP contribution in [0.5, 0.6) is 11.5 Å². The summed E-state index contributed by atoms with van der Waals surface area (Å²) in [4.78, 5) is 13.6. The zero-order chi connectivity index (χ0) is 23.7. The number of carbonyl (C=O) groups excluding carboxylic acids is 1. The molecule has 1 N–H and O–H groups in total. The molecule has 0 unspecified atom stereocenters. The van der Waals surface area contributed by atoms with Gasteiger partial charge in [-0.05, 0) is 54.8 Å². The first-order chi connectivity index (χ1) is 16.6. The number of nitrogens with zero attached hydrogens (tertiary/aromatic N) is 3. The first-order valence-corrected chi connectivity index (χ1v) is 12.4. The molecule has 2 heterocycles. The predicted molar refractivity (Wildman–Crippen MR) is 128 cm³/mol. The number of hydrogen-bond acceptors (Lipinski definition) is 7. The third-order valence-corrected chi connectivity index (χ3v) is 7.80. The Morgan fingerprint density at radius 1 is 1.03 bits per heavy atom. The fraction of sp³-hybridized carbons (Fsp3) is 0.400. The summed E-state index contributed by atoms with van der Waals surface area (Å²) in [6, 6.07) is 10.9. The number of methoxy groups -OCH3 is 2. The molecule has 0 bridgehead atoms. The summed E-state index contributed by atoms with van der Waals surface area (Å²) in [6.07, 6.45) is 5.80. The van der Waals surface area contributed by atoms with E-state index in [1.807, 2.05) is 22.9 Å². The van der Waals surface area contributed by atoms with Gasteiger partial charge in [-0.15, -0.1) is 10.2 Å². The van der Waals surface area contributed by atoms with Crippen LogP contribution in [0.25, 0.3) is 0 Å². The van der Waals surface area contributed by atoms with Crippen molar-refractivity contribution in [1.82, 2.24) is 14.9 Å². The zero-order valence-electron chi connectivity index (χ0n) is 19.2. The van der Waals surface area contributed by atoms with Gasteiger partial charge in [0.15, 0.2) is 23.1 Å². The number of ether oxygens (including phenoxy) is 2. The third-order valence-electron chi connectivity index (χ3n) is 6.59. The zero-order valence-corrected chi connectivity index (χ0v) is 20.0. The molecule has 1 aromatic heterocycles. The van der Waals surface area contributed by atoms with E-state index in [1.165, 1.54) is 55.3 Å². The molecule has 2 atom stereocenters. The second kappa shape index (κ2) is 9.66. The highest BCUT2D eigenvalue weighted by Crippen LogP contribution is 2.42. The molecule has 0 amide bonds. The van der Waals surface area contributed by atoms with Gasteiger partial charge in [-0.25, -0.2) is 9.07 Å². The number of aromatic nitrogens is 3. The number of ketones is 1. The highest BCUT2D eigenvalue weighted by molar-refractivity contribution is 8.00. The highest BCUT2D eigenvalue weighted by Gasteiger charge is 2.39. The normalized spacial score (nSPS) is 20.3. The third kappa shape index (κ3) is 4.24. The molecule has 0 spiro atoms. The van der Waals surface area contributed by atoms with Gasteiger partial charge in [-0.2, -0.15) is 0 Å². The van der Waals surface area contributed by atoms with E-state index >= 15 is 0 Å². The summed E-state index contributed by atoms with van der Waals surface area (Å²) >= 11 is 1.39. The Hall–Kier alpha value is -3.07. The first kappa shape index (κ1) is 22.7. The number of carbonyl (C=O) groups is 1. The van der Waals surface area contributed by atoms with Crippen LogP contribution in [0.1, 0.15) is 65.8 Å². The van der Waals surface area contributed by atoms with E-state index in [9.17, 15) is 9.18 Å². The molecular formula is C25H27FN4O3S. The number of fused-ring (bicyclic) bond motifs is 1. The van der Waals surface area contributed by atoms with Crippen molar-refractivity contribution in [3.05, 3.63) is 65.2 Å². The minimum atomic E-state index is -0.528. The standard InChI is InChI=1S/C25H27FN4O3S/c1-32-19-13-10-17(14-20(19)33-2)21-23(22(31)15-8-11-18(26)12-9-15)34-25-28-27-24(30(25)29-21)16-6-4-3-5-7-16/h8-14,16,21,23,29H,3-7H2,1-2H3/t21-,23-/m1/s1. The van der Waals surface area contributed by atoms with Crippen LogP contribution >= 0.6 is 11.8 Å². The Balaban J connectivity index is 1.55. The molecule has 7 nitrogen and oxygen atoms in total. The molecule has 2 aliphatic rings. The average molecular weight is 483 g/mol. The van der Waals surface area contributed by atoms with Gasteiger partial charge in [0.25, 0.3) is 0 Å². The quantitative estimate of drug-likeness (QED) is 0.488. The fourth-order valence-electron chi connectivity index (χ4n) is 4.77. The molecule has 34 heavy (non-hydrogen) atoms. The molecule has 5 rings (SSSR count). The molecule has 2 aromatic carbocycles. The second-order valence-corrected chi connectivity index (χ2v) is 9.75. The fourth-order valence-corrected chi connectivity index (χ4v) is 5.94. The van der Waals surface area contributed by atoms with E-state index in [-0.39, 0.29) is 17.6 Å². The Bertz CT molecular complexity index is 1180. The Labute approximate surface area is 202 Å². The van der Waals surface area contributed by atoms with Gasteiger partial charge in [-0.3, -0.25) is 4.79 Å². The lowest BCUT2D eigenvalue weighted by Gasteiger charge is -2.34. The van der Waals surface area contributed by atoms with Crippen LogP contribution in [0.3, 0.4) is 0 Å². The topological polar surface area (TPSA) is 78.3 Å². The minimum Gasteiger partial charge on any atom is -0.493 e. The maximum Gasteiger partial charge on any atom is 0.210 e. The van der Waals surface area contributed by atoms with E-state index in [2.05, 4.69) is 15.6 Å². The van der Waals surface area contributed by atoms with Gasteiger partial charge >= 0.3 is 0 Å². The van der Waals surface area contributed by atoms with Crippen LogP contribution in [0, 0.1) is 5.82 Å². The lowest BCUT2D eigenvalue weighted by Crippen LogP contribution is -2.39. The maximum atomic E-state index is 13.6. The van der Waals surface area contributed by atoms with Gasteiger partial charge in [-0.1, -0.05) is 37.1 Å². The maximum absolute atomic E-state index is 13.6. The van der Waals surface area contributed by atoms with E-state index in [1.54, 1.807) is 14.2 Å². The summed E-state index contributed by atoms with van der Waals surface area (Å²) in [5.74, 6) is 1.98. The largest absolute Gasteiger partial charge is 0.493 e. The smallest absolute Gasteiger partial charge is 0.210 e. The predicted octanol–water partition coefficient (Wildman–Crippen LogP) is 5.12. The minimum absolute atomic E-state index is 0.106. The summed E-state index contributed by atoms with van der Waals surface area (Å²) in [5, 5.41) is 9.07. The van der Waals surface area contributed by atoms with Gasteiger partial charge in [0.1, 0.15) is 11.1 Å². The summed E-state index contributed by atoms with van der Waals surface area (Å²) < 4.78 is 26.4. The van der Waals surface area contributed by atoms with Crippen molar-refractivity contribution in [2.24, 2.45) is 0 Å². The van der Waals surface area contributed by atoms with Gasteiger partial charge in [0.05, 0.1) is 20.3 Å². The molecule has 1 aliphatic carbocycles. The molecule has 1 aliphatic heterocycles. The first-order valence-electron chi connectivity index (χ1n) is 11.5. The Morgan fingerprint density at radius 2 is 1.76 bits per heavy atom. The van der Waals surface area contributed by atoms with Crippen molar-refractivity contribution in [2.45, 2.75) is 54.5 Å². The van der Waals surface area contributed by atoms with Crippen molar-refractivity contribution in [2.75, 3.05) is 19.6 Å². The summed E-state index contributed by atoms with van der Waals surface area (Å²) in [6.45, 7) is 0. The molecule has 1 saturated carbocycles. The molecule has 0 radical (unpaired) electrons. The molecule has 0 saturated heterocycles. The van der Waals surface area contributed by atoms with Crippen LogP contribution < -0.4 is 14.9 Å². The summed E-state index contributed by atoms with van der Waals surface area (Å²) in [5.41, 5.74) is 4.86. The van der Waals surface area contributed by atoms with Crippen LogP contribution in [0.15, 0.2) is 47.6 Å². The summed E-state index contributed by atoms with van der Waals surface area (Å²) in [7, 11) is 3.18. The lowest BCUT2D eigenvalue weighted by atomic mass is 9.89. The van der Waals surface area contributed by atoms with Crippen molar-refractivity contribution in [1.29, 1.82) is 0 Å². The van der Waals surface area contributed by atoms with E-state index < -0.39 is 5.25 Å². The van der Waals surface area contributed by atoms with Crippen LogP contribution in [0.4, 0.5) is 4.39 Å². The molecular weight excluding hydrogens is 455 g/mol. The van der Waals surface area contributed by atoms with E-state index in [0.29, 0.717) is 28.1 Å². The molecule has 178 valence electrons. The van der Waals surface area contributed by atoms with E-state index in [0.717, 1.165) is 24.2 Å². The highest BCUT2D eigenvalue weighted by atomic mass is 32.2. The van der Waals surface area contributed by atoms with Gasteiger partial charge in [0.2, 0.25) is 5.16 Å². The second-order valence-electron chi connectivity index (χ2n) is 8.64. The van der Waals surface area contributed by atoms with Crippen molar-refractivity contribution >= 4 is 17.5 Å². The molecule has 1 fully saturated rings. The molecule has 9 heteroatoms.